The van der Waals surface area contributed by atoms with Gasteiger partial charge in [0.05, 0.1) is 5.41 Å². The monoisotopic (exact) mass is 734 g/mol. The van der Waals surface area contributed by atoms with Crippen LogP contribution >= 0.6 is 23.5 Å². The first-order chi connectivity index (χ1) is 26.8. The van der Waals surface area contributed by atoms with E-state index >= 15 is 0 Å². The first kappa shape index (κ1) is 33.1. The second-order valence-corrected chi connectivity index (χ2v) is 18.6. The lowest BCUT2D eigenvalue weighted by atomic mass is 9.56. The minimum atomic E-state index is -0.240. The number of rotatable bonds is 5. The lowest BCUT2D eigenvalue weighted by molar-refractivity contribution is 0.381. The van der Waals surface area contributed by atoms with Gasteiger partial charge in [0.25, 0.3) is 0 Å². The van der Waals surface area contributed by atoms with Crippen molar-refractivity contribution < 1.29 is 0 Å². The van der Waals surface area contributed by atoms with Gasteiger partial charge >= 0.3 is 0 Å². The molecule has 1 spiro atoms. The number of fused-ring (bicyclic) bond motifs is 9. The second-order valence-electron chi connectivity index (χ2n) is 16.3. The second kappa shape index (κ2) is 13.5. The molecular weight excluding hydrogens is 689 g/mol. The quantitative estimate of drug-likeness (QED) is 0.256. The predicted molar refractivity (Wildman–Crippen MR) is 229 cm³/mol. The summed E-state index contributed by atoms with van der Waals surface area (Å²) in [5, 5.41) is 0.327. The Hall–Kier alpha value is -4.24. The minimum Gasteiger partial charge on any atom is -0.118 e. The molecule has 8 aliphatic rings. The summed E-state index contributed by atoms with van der Waals surface area (Å²) in [5.41, 5.74) is 13.3. The van der Waals surface area contributed by atoms with Crippen LogP contribution in [0.3, 0.4) is 0 Å². The minimum absolute atomic E-state index is 0.240. The zero-order chi connectivity index (χ0) is 35.6. The van der Waals surface area contributed by atoms with Gasteiger partial charge in [0.2, 0.25) is 0 Å². The van der Waals surface area contributed by atoms with Crippen LogP contribution in [0.15, 0.2) is 200 Å². The van der Waals surface area contributed by atoms with Crippen molar-refractivity contribution in [3.63, 3.8) is 0 Å². The van der Waals surface area contributed by atoms with E-state index in [4.69, 9.17) is 0 Å². The Morgan fingerprint density at radius 1 is 0.685 bits per heavy atom. The highest BCUT2D eigenvalue weighted by atomic mass is 32.2. The maximum absolute atomic E-state index is 2.68. The van der Waals surface area contributed by atoms with E-state index in [0.29, 0.717) is 34.8 Å². The Morgan fingerprint density at radius 3 is 2.44 bits per heavy atom. The van der Waals surface area contributed by atoms with Gasteiger partial charge in [0, 0.05) is 31.8 Å². The van der Waals surface area contributed by atoms with Crippen molar-refractivity contribution in [3.8, 4) is 11.1 Å². The van der Waals surface area contributed by atoms with Crippen LogP contribution in [0.4, 0.5) is 0 Å². The normalized spacial score (nSPS) is 31.0. The highest BCUT2D eigenvalue weighted by Crippen LogP contribution is 2.66. The first-order valence-electron chi connectivity index (χ1n) is 20.3. The molecule has 7 unspecified atom stereocenters. The fraction of sp³-hybridized carbons (Fsp3) is 0.269. The van der Waals surface area contributed by atoms with Crippen molar-refractivity contribution >= 4 is 23.5 Å². The van der Waals surface area contributed by atoms with E-state index in [0.717, 1.165) is 12.8 Å². The zero-order valence-electron chi connectivity index (χ0n) is 30.7. The van der Waals surface area contributed by atoms with Gasteiger partial charge in [0.15, 0.2) is 0 Å². The molecular formula is C52H46S2. The largest absolute Gasteiger partial charge is 0.118 e. The fourth-order valence-corrected chi connectivity index (χ4v) is 14.1. The van der Waals surface area contributed by atoms with Crippen molar-refractivity contribution in [2.45, 2.75) is 65.4 Å². The number of hydrogen-bond donors (Lipinski definition) is 0. The molecule has 2 aliphatic heterocycles. The molecule has 0 aromatic heterocycles. The maximum atomic E-state index is 2.68. The molecule has 0 saturated heterocycles. The van der Waals surface area contributed by atoms with Crippen LogP contribution in [-0.2, 0) is 5.41 Å². The zero-order valence-corrected chi connectivity index (χ0v) is 32.4. The molecule has 3 aromatic rings. The van der Waals surface area contributed by atoms with E-state index in [1.807, 2.05) is 11.8 Å². The lowest BCUT2D eigenvalue weighted by Gasteiger charge is -2.54. The van der Waals surface area contributed by atoms with Crippen LogP contribution < -0.4 is 0 Å². The van der Waals surface area contributed by atoms with E-state index in [-0.39, 0.29) is 5.41 Å². The van der Waals surface area contributed by atoms with E-state index in [1.165, 1.54) is 80.2 Å². The Morgan fingerprint density at radius 2 is 1.52 bits per heavy atom. The summed E-state index contributed by atoms with van der Waals surface area (Å²) in [4.78, 5) is 4.31. The van der Waals surface area contributed by atoms with E-state index in [2.05, 4.69) is 170 Å². The Balaban J connectivity index is 1.00. The fourth-order valence-electron chi connectivity index (χ4n) is 11.3. The van der Waals surface area contributed by atoms with Gasteiger partial charge < -0.3 is 0 Å². The molecule has 54 heavy (non-hydrogen) atoms. The van der Waals surface area contributed by atoms with Crippen LogP contribution in [0.1, 0.15) is 56.1 Å². The Bertz CT molecular complexity index is 2350. The van der Waals surface area contributed by atoms with Gasteiger partial charge in [-0.2, -0.15) is 0 Å². The molecule has 0 nitrogen and oxygen atoms in total. The standard InChI is InChI=1S/C52H46S2/c1-3-14-34(15-4-1)26-29-41-39-18-7-8-19-40(39)43-32-36(27-30-42(41)43)37-28-31-46-50(33-37)54-48-24-12-10-22-45(48)52(46)44-21-9-11-23-47(44)53-49-25-13-20-38(51(49)52)35-16-5-2-6-17-35/h1-7,10-14,16-18,20,22-25,27-28,30-34,41-43,46,50H,8-9,15,19,21,26,29H2. The maximum Gasteiger partial charge on any atom is 0.0529 e. The third kappa shape index (κ3) is 5.20. The number of benzene rings is 3. The van der Waals surface area contributed by atoms with Gasteiger partial charge in [-0.25, -0.2) is 0 Å². The van der Waals surface area contributed by atoms with Crippen molar-refractivity contribution in [2.75, 3.05) is 0 Å². The number of allylic oxidation sites excluding steroid dienone is 18. The molecule has 0 radical (unpaired) electrons. The topological polar surface area (TPSA) is 0 Å². The molecule has 6 aliphatic carbocycles. The molecule has 0 amide bonds. The Labute approximate surface area is 329 Å². The summed E-state index contributed by atoms with van der Waals surface area (Å²) in [5.74, 6) is 2.73. The summed E-state index contributed by atoms with van der Waals surface area (Å²) in [7, 11) is 0. The van der Waals surface area contributed by atoms with Crippen molar-refractivity contribution in [3.05, 3.63) is 202 Å². The smallest absolute Gasteiger partial charge is 0.0529 e. The van der Waals surface area contributed by atoms with Gasteiger partial charge in [-0.3, -0.25) is 0 Å². The third-order valence-corrected chi connectivity index (χ3v) is 16.1. The number of thioether (sulfide) groups is 2. The van der Waals surface area contributed by atoms with Crippen molar-refractivity contribution in [2.24, 2.45) is 29.6 Å². The summed E-state index contributed by atoms with van der Waals surface area (Å²) in [6, 6.07) is 27.6. The molecule has 0 N–H and O–H groups in total. The molecule has 0 saturated carbocycles. The molecule has 0 fully saturated rings. The summed E-state index contributed by atoms with van der Waals surface area (Å²) in [6.07, 6.45) is 43.0. The Kier molecular flexibility index (Phi) is 8.28. The van der Waals surface area contributed by atoms with E-state index < -0.39 is 0 Å². The van der Waals surface area contributed by atoms with Gasteiger partial charge in [-0.05, 0) is 119 Å². The summed E-state index contributed by atoms with van der Waals surface area (Å²) >= 11 is 4.09. The van der Waals surface area contributed by atoms with Gasteiger partial charge in [0.1, 0.15) is 0 Å². The molecule has 2 heteroatoms. The molecule has 0 bridgehead atoms. The van der Waals surface area contributed by atoms with E-state index in [1.54, 1.807) is 16.7 Å². The predicted octanol–water partition coefficient (Wildman–Crippen LogP) is 13.9. The molecule has 11 rings (SSSR count). The average Bonchev–Trinajstić information content (AvgIpc) is 3.55. The average molecular weight is 735 g/mol. The van der Waals surface area contributed by atoms with Crippen LogP contribution in [0, 0.1) is 29.6 Å². The molecule has 7 atom stereocenters. The van der Waals surface area contributed by atoms with Crippen LogP contribution in [0.25, 0.3) is 11.1 Å². The van der Waals surface area contributed by atoms with E-state index in [9.17, 15) is 0 Å². The SMILES string of the molecule is C1=CCC(CCC2C3=C(CCC=C3)C3C=C(C4=CC5Sc6ccccc6C6(C7=C(C=CCC7)Sc7cccc(-c8ccccc8)c76)C5C=C4)C=CC32)C=C1. The molecule has 2 heterocycles. The highest BCUT2D eigenvalue weighted by molar-refractivity contribution is 8.03. The lowest BCUT2D eigenvalue weighted by Crippen LogP contribution is -2.48. The van der Waals surface area contributed by atoms with Crippen LogP contribution in [0.2, 0.25) is 0 Å². The van der Waals surface area contributed by atoms with Crippen LogP contribution in [-0.4, -0.2) is 5.25 Å². The van der Waals surface area contributed by atoms with Crippen LogP contribution in [0.5, 0.6) is 0 Å². The third-order valence-electron chi connectivity index (χ3n) is 13.6. The highest BCUT2D eigenvalue weighted by Gasteiger charge is 2.56. The van der Waals surface area contributed by atoms with Crippen molar-refractivity contribution in [1.82, 2.24) is 0 Å². The van der Waals surface area contributed by atoms with Crippen molar-refractivity contribution in [1.29, 1.82) is 0 Å². The summed E-state index contributed by atoms with van der Waals surface area (Å²) in [6.45, 7) is 0. The molecule has 3 aromatic carbocycles. The number of hydrogen-bond acceptors (Lipinski definition) is 2. The van der Waals surface area contributed by atoms with Gasteiger partial charge in [-0.1, -0.05) is 163 Å². The molecule has 266 valence electrons. The van der Waals surface area contributed by atoms with Gasteiger partial charge in [-0.15, -0.1) is 11.8 Å². The first-order valence-corrected chi connectivity index (χ1v) is 22.0. The summed E-state index contributed by atoms with van der Waals surface area (Å²) < 4.78 is 0.